The lowest BCUT2D eigenvalue weighted by Crippen LogP contribution is -2.32. The zero-order chi connectivity index (χ0) is 13.4. The second-order valence-corrected chi connectivity index (χ2v) is 4.89. The molecular formula is C14H25NO3. The summed E-state index contributed by atoms with van der Waals surface area (Å²) in [5.41, 5.74) is 0. The molecule has 0 aromatic carbocycles. The second-order valence-electron chi connectivity index (χ2n) is 4.89. The zero-order valence-electron chi connectivity index (χ0n) is 11.6. The quantitative estimate of drug-likeness (QED) is 0.709. The molecule has 1 rings (SSSR count). The third kappa shape index (κ3) is 5.07. The number of rotatable bonds is 5. The Kier molecular flexibility index (Phi) is 6.76. The topological polar surface area (TPSA) is 46.6 Å². The summed E-state index contributed by atoms with van der Waals surface area (Å²) in [6.07, 6.45) is 5.10. The highest BCUT2D eigenvalue weighted by Crippen LogP contribution is 2.20. The van der Waals surface area contributed by atoms with Crippen molar-refractivity contribution < 1.29 is 14.3 Å². The first-order valence-corrected chi connectivity index (χ1v) is 7.10. The second kappa shape index (κ2) is 8.11. The summed E-state index contributed by atoms with van der Waals surface area (Å²) in [4.78, 5) is 25.1. The van der Waals surface area contributed by atoms with E-state index in [1.54, 1.807) is 6.92 Å². The van der Waals surface area contributed by atoms with Crippen molar-refractivity contribution in [3.8, 4) is 0 Å². The minimum absolute atomic E-state index is 0.0970. The number of carbonyl (C=O) groups is 2. The summed E-state index contributed by atoms with van der Waals surface area (Å²) < 4.78 is 4.83. The van der Waals surface area contributed by atoms with Crippen molar-refractivity contribution in [1.82, 2.24) is 4.90 Å². The maximum atomic E-state index is 12.0. The first-order valence-electron chi connectivity index (χ1n) is 7.10. The lowest BCUT2D eigenvalue weighted by molar-refractivity contribution is -0.145. The zero-order valence-corrected chi connectivity index (χ0v) is 11.6. The van der Waals surface area contributed by atoms with Gasteiger partial charge in [-0.15, -0.1) is 0 Å². The van der Waals surface area contributed by atoms with E-state index in [1.165, 1.54) is 12.8 Å². The maximum absolute atomic E-state index is 12.0. The molecule has 1 unspecified atom stereocenters. The summed E-state index contributed by atoms with van der Waals surface area (Å²) in [5, 5.41) is 0. The Morgan fingerprint density at radius 3 is 2.61 bits per heavy atom. The summed E-state index contributed by atoms with van der Waals surface area (Å²) in [7, 11) is 0. The van der Waals surface area contributed by atoms with Crippen LogP contribution in [0.1, 0.15) is 52.4 Å². The van der Waals surface area contributed by atoms with Crippen molar-refractivity contribution in [3.05, 3.63) is 0 Å². The van der Waals surface area contributed by atoms with Crippen LogP contribution in [-0.2, 0) is 14.3 Å². The molecule has 1 heterocycles. The number of ether oxygens (including phenoxy) is 1. The average Bonchev–Trinajstić information content (AvgIpc) is 2.61. The number of nitrogens with zero attached hydrogens (tertiary/aromatic N) is 1. The largest absolute Gasteiger partial charge is 0.466 e. The third-order valence-corrected chi connectivity index (χ3v) is 3.63. The van der Waals surface area contributed by atoms with E-state index in [0.717, 1.165) is 31.8 Å². The van der Waals surface area contributed by atoms with Gasteiger partial charge in [-0.3, -0.25) is 9.59 Å². The van der Waals surface area contributed by atoms with Crippen LogP contribution in [0, 0.1) is 5.92 Å². The number of esters is 1. The van der Waals surface area contributed by atoms with Crippen LogP contribution in [0.3, 0.4) is 0 Å². The SMILES string of the molecule is CCOC(=O)CCC(=O)N1CCCC(CC)CC1. The number of hydrogen-bond donors (Lipinski definition) is 0. The Bertz CT molecular complexity index is 278. The molecule has 1 aliphatic heterocycles. The Hall–Kier alpha value is -1.06. The van der Waals surface area contributed by atoms with Gasteiger partial charge in [0.05, 0.1) is 13.0 Å². The minimum atomic E-state index is -0.271. The predicted molar refractivity (Wildman–Crippen MR) is 70.1 cm³/mol. The standard InChI is InChI=1S/C14H25NO3/c1-3-12-6-5-10-15(11-9-12)13(16)7-8-14(17)18-4-2/h12H,3-11H2,1-2H3. The van der Waals surface area contributed by atoms with Gasteiger partial charge in [0.25, 0.3) is 0 Å². The molecule has 0 radical (unpaired) electrons. The molecule has 18 heavy (non-hydrogen) atoms. The molecule has 1 fully saturated rings. The fraction of sp³-hybridized carbons (Fsp3) is 0.857. The predicted octanol–water partition coefficient (Wildman–Crippen LogP) is 2.37. The molecular weight excluding hydrogens is 230 g/mol. The minimum Gasteiger partial charge on any atom is -0.466 e. The molecule has 0 saturated carbocycles. The van der Waals surface area contributed by atoms with Crippen LogP contribution in [0.4, 0.5) is 0 Å². The van der Waals surface area contributed by atoms with E-state index in [4.69, 9.17) is 4.74 Å². The van der Waals surface area contributed by atoms with Crippen molar-refractivity contribution in [3.63, 3.8) is 0 Å². The Balaban J connectivity index is 2.30. The summed E-state index contributed by atoms with van der Waals surface area (Å²) in [6.45, 7) is 6.07. The number of carbonyl (C=O) groups excluding carboxylic acids is 2. The molecule has 0 spiro atoms. The highest BCUT2D eigenvalue weighted by atomic mass is 16.5. The molecule has 1 aliphatic rings. The van der Waals surface area contributed by atoms with Gasteiger partial charge in [0.1, 0.15) is 0 Å². The molecule has 1 amide bonds. The van der Waals surface area contributed by atoms with Crippen molar-refractivity contribution in [2.24, 2.45) is 5.92 Å². The lowest BCUT2D eigenvalue weighted by Gasteiger charge is -2.20. The van der Waals surface area contributed by atoms with Gasteiger partial charge in [0.2, 0.25) is 5.91 Å². The molecule has 4 heteroatoms. The van der Waals surface area contributed by atoms with Crippen LogP contribution in [0.25, 0.3) is 0 Å². The Morgan fingerprint density at radius 1 is 1.17 bits per heavy atom. The van der Waals surface area contributed by atoms with Gasteiger partial charge in [-0.2, -0.15) is 0 Å². The molecule has 0 aromatic rings. The smallest absolute Gasteiger partial charge is 0.306 e. The van der Waals surface area contributed by atoms with Gasteiger partial charge in [0.15, 0.2) is 0 Å². The van der Waals surface area contributed by atoms with Crippen molar-refractivity contribution >= 4 is 11.9 Å². The van der Waals surface area contributed by atoms with E-state index < -0.39 is 0 Å². The van der Waals surface area contributed by atoms with E-state index in [2.05, 4.69) is 6.92 Å². The lowest BCUT2D eigenvalue weighted by atomic mass is 9.98. The maximum Gasteiger partial charge on any atom is 0.306 e. The third-order valence-electron chi connectivity index (χ3n) is 3.63. The average molecular weight is 255 g/mol. The van der Waals surface area contributed by atoms with Gasteiger partial charge in [-0.25, -0.2) is 0 Å². The first kappa shape index (κ1) is 15.0. The highest BCUT2D eigenvalue weighted by molar-refractivity contribution is 5.81. The Labute approximate surface area is 110 Å². The number of hydrogen-bond acceptors (Lipinski definition) is 3. The Morgan fingerprint density at radius 2 is 1.94 bits per heavy atom. The molecule has 4 nitrogen and oxygen atoms in total. The van der Waals surface area contributed by atoms with Gasteiger partial charge in [-0.05, 0) is 32.1 Å². The van der Waals surface area contributed by atoms with Crippen molar-refractivity contribution in [2.45, 2.75) is 52.4 Å². The summed E-state index contributed by atoms with van der Waals surface area (Å²) >= 11 is 0. The van der Waals surface area contributed by atoms with Gasteiger partial charge in [0, 0.05) is 19.5 Å². The van der Waals surface area contributed by atoms with Crippen LogP contribution in [0.5, 0.6) is 0 Å². The van der Waals surface area contributed by atoms with E-state index in [9.17, 15) is 9.59 Å². The molecule has 0 bridgehead atoms. The summed E-state index contributed by atoms with van der Waals surface area (Å²) in [6, 6.07) is 0. The van der Waals surface area contributed by atoms with E-state index in [1.807, 2.05) is 4.90 Å². The molecule has 0 aromatic heterocycles. The molecule has 1 saturated heterocycles. The van der Waals surface area contributed by atoms with Gasteiger partial charge < -0.3 is 9.64 Å². The van der Waals surface area contributed by atoms with E-state index in [-0.39, 0.29) is 24.7 Å². The van der Waals surface area contributed by atoms with E-state index >= 15 is 0 Å². The number of amides is 1. The monoisotopic (exact) mass is 255 g/mol. The van der Waals surface area contributed by atoms with Gasteiger partial charge >= 0.3 is 5.97 Å². The molecule has 1 atom stereocenters. The first-order chi connectivity index (χ1) is 8.67. The highest BCUT2D eigenvalue weighted by Gasteiger charge is 2.20. The normalized spacial score (nSPS) is 20.3. The molecule has 0 N–H and O–H groups in total. The fourth-order valence-electron chi connectivity index (χ4n) is 2.42. The molecule has 0 aliphatic carbocycles. The van der Waals surface area contributed by atoms with Crippen LogP contribution in [0.2, 0.25) is 0 Å². The van der Waals surface area contributed by atoms with Crippen LogP contribution in [-0.4, -0.2) is 36.5 Å². The van der Waals surface area contributed by atoms with Crippen LogP contribution >= 0.6 is 0 Å². The van der Waals surface area contributed by atoms with Crippen molar-refractivity contribution in [2.75, 3.05) is 19.7 Å². The van der Waals surface area contributed by atoms with Crippen molar-refractivity contribution in [1.29, 1.82) is 0 Å². The molecule has 104 valence electrons. The van der Waals surface area contributed by atoms with Crippen LogP contribution in [0.15, 0.2) is 0 Å². The van der Waals surface area contributed by atoms with E-state index in [0.29, 0.717) is 6.61 Å². The fourth-order valence-corrected chi connectivity index (χ4v) is 2.42. The number of likely N-dealkylation sites (tertiary alicyclic amines) is 1. The van der Waals surface area contributed by atoms with Gasteiger partial charge in [-0.1, -0.05) is 13.3 Å². The summed E-state index contributed by atoms with van der Waals surface area (Å²) in [5.74, 6) is 0.583. The van der Waals surface area contributed by atoms with Crippen LogP contribution < -0.4 is 0 Å².